The van der Waals surface area contributed by atoms with Crippen LogP contribution in [0, 0.1) is 6.92 Å². The van der Waals surface area contributed by atoms with E-state index in [2.05, 4.69) is 39.9 Å². The number of rotatable bonds is 11. The number of hydrogen-bond donors (Lipinski definition) is 1. The zero-order chi connectivity index (χ0) is 20.5. The van der Waals surface area contributed by atoms with E-state index in [1.165, 1.54) is 29.9 Å². The third kappa shape index (κ3) is 7.30. The summed E-state index contributed by atoms with van der Waals surface area (Å²) in [5.74, 6) is 0.977. The van der Waals surface area contributed by atoms with Crippen LogP contribution in [0.4, 0.5) is 5.69 Å². The zero-order valence-electron chi connectivity index (χ0n) is 18.0. The van der Waals surface area contributed by atoms with Crippen molar-refractivity contribution in [1.82, 2.24) is 9.88 Å². The first kappa shape index (κ1) is 24.7. The monoisotopic (exact) mass is 455 g/mol. The van der Waals surface area contributed by atoms with Gasteiger partial charge in [0, 0.05) is 32.7 Å². The van der Waals surface area contributed by atoms with Gasteiger partial charge in [-0.15, -0.1) is 12.4 Å². The highest BCUT2D eigenvalue weighted by molar-refractivity contribution is 7.11. The number of thiazole rings is 1. The van der Waals surface area contributed by atoms with Crippen molar-refractivity contribution in [3.05, 3.63) is 35.5 Å². The number of nitrogens with zero attached hydrogens (tertiary/aromatic N) is 3. The van der Waals surface area contributed by atoms with Gasteiger partial charge in [-0.3, -0.25) is 4.90 Å². The number of aliphatic hydroxyl groups excluding tert-OH is 1. The molecule has 2 heterocycles. The van der Waals surface area contributed by atoms with Gasteiger partial charge in [0.25, 0.3) is 0 Å². The van der Waals surface area contributed by atoms with E-state index in [1.807, 2.05) is 13.0 Å². The molecule has 0 saturated carbocycles. The van der Waals surface area contributed by atoms with Crippen molar-refractivity contribution in [1.29, 1.82) is 0 Å². The van der Waals surface area contributed by atoms with Crippen molar-refractivity contribution < 1.29 is 14.6 Å². The lowest BCUT2D eigenvalue weighted by atomic mass is 10.2. The van der Waals surface area contributed by atoms with Gasteiger partial charge in [-0.25, -0.2) is 4.98 Å². The van der Waals surface area contributed by atoms with Gasteiger partial charge in [0.05, 0.1) is 23.5 Å². The number of aromatic nitrogens is 1. The molecule has 0 bridgehead atoms. The molecule has 1 aromatic carbocycles. The van der Waals surface area contributed by atoms with Crippen LogP contribution in [0.25, 0.3) is 0 Å². The zero-order valence-corrected chi connectivity index (χ0v) is 19.6. The minimum absolute atomic E-state index is 0. The molecule has 0 radical (unpaired) electrons. The summed E-state index contributed by atoms with van der Waals surface area (Å²) in [7, 11) is 0. The molecule has 1 atom stereocenters. The van der Waals surface area contributed by atoms with Crippen LogP contribution in [-0.4, -0.2) is 67.0 Å². The van der Waals surface area contributed by atoms with Crippen LogP contribution >= 0.6 is 23.7 Å². The van der Waals surface area contributed by atoms with E-state index < -0.39 is 6.10 Å². The van der Waals surface area contributed by atoms with Gasteiger partial charge >= 0.3 is 0 Å². The molecule has 1 N–H and O–H groups in total. The second-order valence-corrected chi connectivity index (χ2v) is 8.32. The Morgan fingerprint density at radius 1 is 1.13 bits per heavy atom. The molecule has 0 spiro atoms. The maximum absolute atomic E-state index is 10.3. The Morgan fingerprint density at radius 3 is 2.60 bits per heavy atom. The topological polar surface area (TPSA) is 58.1 Å². The smallest absolute Gasteiger partial charge is 0.197 e. The Balaban J connectivity index is 0.00000320. The van der Waals surface area contributed by atoms with E-state index in [1.54, 1.807) is 5.51 Å². The molecule has 8 heteroatoms. The number of halogens is 1. The molecule has 168 valence electrons. The maximum Gasteiger partial charge on any atom is 0.197 e. The van der Waals surface area contributed by atoms with Crippen molar-refractivity contribution in [2.24, 2.45) is 0 Å². The van der Waals surface area contributed by atoms with E-state index in [4.69, 9.17) is 9.47 Å². The highest BCUT2D eigenvalue weighted by atomic mass is 35.5. The second kappa shape index (κ2) is 13.0. The number of benzene rings is 1. The van der Waals surface area contributed by atoms with Crippen molar-refractivity contribution in [2.75, 3.05) is 50.8 Å². The van der Waals surface area contributed by atoms with E-state index in [0.717, 1.165) is 55.7 Å². The molecule has 1 unspecified atom stereocenters. The molecule has 0 amide bonds. The van der Waals surface area contributed by atoms with E-state index in [-0.39, 0.29) is 12.4 Å². The van der Waals surface area contributed by atoms with E-state index in [0.29, 0.717) is 13.2 Å². The number of unbranched alkanes of at least 4 members (excludes halogenated alkanes) is 2. The molecular formula is C22H34ClN3O3S. The highest BCUT2D eigenvalue weighted by Gasteiger charge is 2.21. The Bertz CT molecular complexity index is 738. The molecule has 30 heavy (non-hydrogen) atoms. The van der Waals surface area contributed by atoms with Crippen LogP contribution in [0.5, 0.6) is 10.8 Å². The fourth-order valence-corrected chi connectivity index (χ4v) is 4.16. The molecule has 1 aromatic heterocycles. The van der Waals surface area contributed by atoms with Crippen molar-refractivity contribution in [2.45, 2.75) is 39.2 Å². The third-order valence-electron chi connectivity index (χ3n) is 5.16. The van der Waals surface area contributed by atoms with Crippen LogP contribution in [0.2, 0.25) is 0 Å². The fourth-order valence-electron chi connectivity index (χ4n) is 3.50. The summed E-state index contributed by atoms with van der Waals surface area (Å²) in [6.07, 6.45) is 3.00. The minimum Gasteiger partial charge on any atom is -0.491 e. The highest BCUT2D eigenvalue weighted by Crippen LogP contribution is 2.29. The third-order valence-corrected chi connectivity index (χ3v) is 6.00. The lowest BCUT2D eigenvalue weighted by Gasteiger charge is -2.37. The molecule has 1 aliphatic rings. The average molecular weight is 456 g/mol. The Kier molecular flexibility index (Phi) is 10.7. The van der Waals surface area contributed by atoms with Crippen molar-refractivity contribution >= 4 is 29.4 Å². The number of β-amino-alcohol motifs (C(OH)–C–C–N with tert-alkyl or cyclic N) is 1. The summed E-state index contributed by atoms with van der Waals surface area (Å²) in [6, 6.07) is 8.32. The fraction of sp³-hybridized carbons (Fsp3) is 0.591. The summed E-state index contributed by atoms with van der Waals surface area (Å²) in [5, 5.41) is 11.1. The normalized spacial score (nSPS) is 15.5. The molecular weight excluding hydrogens is 422 g/mol. The van der Waals surface area contributed by atoms with Gasteiger partial charge in [-0.1, -0.05) is 43.2 Å². The molecule has 2 aromatic rings. The number of anilines is 1. The SMILES string of the molecule is CCCCCOc1ccccc1N1CCN(CC(O)COc2scnc2C)CC1.Cl. The summed E-state index contributed by atoms with van der Waals surface area (Å²) in [4.78, 5) is 8.85. The van der Waals surface area contributed by atoms with Gasteiger partial charge in [-0.05, 0) is 25.5 Å². The Labute approximate surface area is 190 Å². The summed E-state index contributed by atoms with van der Waals surface area (Å²) >= 11 is 1.47. The van der Waals surface area contributed by atoms with Gasteiger partial charge < -0.3 is 19.5 Å². The van der Waals surface area contributed by atoms with Gasteiger partial charge in [0.1, 0.15) is 18.5 Å². The Morgan fingerprint density at radius 2 is 1.90 bits per heavy atom. The molecule has 3 rings (SSSR count). The predicted octanol–water partition coefficient (Wildman–Crippen LogP) is 4.00. The van der Waals surface area contributed by atoms with Crippen LogP contribution in [0.15, 0.2) is 29.8 Å². The molecule has 1 saturated heterocycles. The summed E-state index contributed by atoms with van der Waals surface area (Å²) in [5.41, 5.74) is 3.82. The standard InChI is InChI=1S/C22H33N3O3S.ClH/c1-3-4-7-14-27-21-9-6-5-8-20(21)25-12-10-24(11-13-25)15-19(26)16-28-22-18(2)23-17-29-22;/h5-6,8-9,17,19,26H,3-4,7,10-16H2,1-2H3;1H. The quantitative estimate of drug-likeness (QED) is 0.517. The van der Waals surface area contributed by atoms with Crippen LogP contribution in [-0.2, 0) is 0 Å². The molecule has 0 aliphatic carbocycles. The number of hydrogen-bond acceptors (Lipinski definition) is 7. The Hall–Kier alpha value is -1.54. The first-order valence-corrected chi connectivity index (χ1v) is 11.5. The summed E-state index contributed by atoms with van der Waals surface area (Å²) in [6.45, 7) is 9.52. The van der Waals surface area contributed by atoms with Gasteiger partial charge in [0.2, 0.25) is 0 Å². The maximum atomic E-state index is 10.3. The molecule has 1 fully saturated rings. The number of piperazine rings is 1. The number of para-hydroxylation sites is 2. The van der Waals surface area contributed by atoms with Gasteiger partial charge in [0.15, 0.2) is 5.06 Å². The summed E-state index contributed by atoms with van der Waals surface area (Å²) < 4.78 is 11.7. The van der Waals surface area contributed by atoms with Gasteiger partial charge in [-0.2, -0.15) is 0 Å². The largest absolute Gasteiger partial charge is 0.491 e. The van der Waals surface area contributed by atoms with Crippen LogP contribution < -0.4 is 14.4 Å². The number of aliphatic hydroxyl groups is 1. The van der Waals surface area contributed by atoms with E-state index >= 15 is 0 Å². The van der Waals surface area contributed by atoms with Crippen molar-refractivity contribution in [3.8, 4) is 10.8 Å². The number of ether oxygens (including phenoxy) is 2. The van der Waals surface area contributed by atoms with Crippen LogP contribution in [0.1, 0.15) is 31.9 Å². The lowest BCUT2D eigenvalue weighted by molar-refractivity contribution is 0.0673. The van der Waals surface area contributed by atoms with E-state index in [9.17, 15) is 5.11 Å². The molecule has 1 aliphatic heterocycles. The first-order valence-electron chi connectivity index (χ1n) is 10.6. The van der Waals surface area contributed by atoms with Crippen molar-refractivity contribution in [3.63, 3.8) is 0 Å². The second-order valence-electron chi connectivity index (χ2n) is 7.50. The molecule has 6 nitrogen and oxygen atoms in total. The lowest BCUT2D eigenvalue weighted by Crippen LogP contribution is -2.49. The first-order chi connectivity index (χ1) is 14.2. The minimum atomic E-state index is -0.503. The predicted molar refractivity (Wildman–Crippen MR) is 126 cm³/mol. The average Bonchev–Trinajstić information content (AvgIpc) is 3.15. The van der Waals surface area contributed by atoms with Crippen LogP contribution in [0.3, 0.4) is 0 Å². The number of aryl methyl sites for hydroxylation is 1.